The summed E-state index contributed by atoms with van der Waals surface area (Å²) in [6, 6.07) is 0. The van der Waals surface area contributed by atoms with E-state index in [-0.39, 0.29) is 63.8 Å². The third-order valence-electron chi connectivity index (χ3n) is 5.10. The van der Waals surface area contributed by atoms with Crippen molar-refractivity contribution < 1.29 is 17.8 Å². The predicted molar refractivity (Wildman–Crippen MR) is 119 cm³/mol. The summed E-state index contributed by atoms with van der Waals surface area (Å²) < 4.78 is 30.1. The maximum Gasteiger partial charge on any atom is 0.266 e. The largest absolute Gasteiger partial charge is 0.345 e. The summed E-state index contributed by atoms with van der Waals surface area (Å²) in [6.07, 6.45) is 19.8. The zero-order chi connectivity index (χ0) is 20.4. The Morgan fingerprint density at radius 1 is 0.750 bits per heavy atom. The van der Waals surface area contributed by atoms with Gasteiger partial charge in [0.05, 0.1) is 5.75 Å². The van der Waals surface area contributed by atoms with Crippen LogP contribution in [0.1, 0.15) is 110 Å². The van der Waals surface area contributed by atoms with Gasteiger partial charge in [-0.15, -0.1) is 0 Å². The first-order valence-electron chi connectivity index (χ1n) is 11.1. The number of nitrogens with zero attached hydrogens (tertiary/aromatic N) is 1. The number of rotatable bonds is 19. The van der Waals surface area contributed by atoms with Gasteiger partial charge in [-0.2, -0.15) is 8.42 Å². The fraction of sp³-hybridized carbons (Fsp3) is 0.952. The van der Waals surface area contributed by atoms with Gasteiger partial charge >= 0.3 is 0 Å². The fourth-order valence-electron chi connectivity index (χ4n) is 3.22. The second kappa shape index (κ2) is 21.3. The predicted octanol–water partition coefficient (Wildman–Crippen LogP) is 5.21. The number of hydrogen-bond acceptors (Lipinski definition) is 3. The molecule has 0 atom stereocenters. The Labute approximate surface area is 217 Å². The van der Waals surface area contributed by atoms with Gasteiger partial charge in [0.2, 0.25) is 5.91 Å². The second-order valence-corrected chi connectivity index (χ2v) is 9.37. The van der Waals surface area contributed by atoms with Crippen molar-refractivity contribution in [3.63, 3.8) is 0 Å². The first kappa shape index (κ1) is 31.2. The van der Waals surface area contributed by atoms with Crippen molar-refractivity contribution in [2.24, 2.45) is 0 Å². The molecule has 0 bridgehead atoms. The van der Waals surface area contributed by atoms with Crippen LogP contribution in [0, 0.1) is 0 Å². The van der Waals surface area contributed by atoms with E-state index in [2.05, 4.69) is 6.92 Å². The molecule has 0 aromatic heterocycles. The fourth-order valence-corrected chi connectivity index (χ4v) is 3.72. The van der Waals surface area contributed by atoms with Gasteiger partial charge in [0.1, 0.15) is 0 Å². The summed E-state index contributed by atoms with van der Waals surface area (Å²) in [6.45, 7) is 2.31. The molecular formula is C21H43KNO4S. The monoisotopic (exact) mass is 444 g/mol. The summed E-state index contributed by atoms with van der Waals surface area (Å²) >= 11 is 0. The number of unbranched alkanes of at least 4 members (excludes halogenated alkanes) is 14. The first-order chi connectivity index (χ1) is 12.9. The summed E-state index contributed by atoms with van der Waals surface area (Å²) in [5, 5.41) is 0. The molecule has 0 aliphatic rings. The summed E-state index contributed by atoms with van der Waals surface area (Å²) in [7, 11) is -2.42. The quantitative estimate of drug-likeness (QED) is 0.168. The molecule has 28 heavy (non-hydrogen) atoms. The van der Waals surface area contributed by atoms with Gasteiger partial charge in [-0.25, -0.2) is 0 Å². The van der Waals surface area contributed by atoms with Crippen LogP contribution in [0.25, 0.3) is 0 Å². The Kier molecular flexibility index (Phi) is 23.7. The molecule has 0 fully saturated rings. The molecule has 7 heteroatoms. The summed E-state index contributed by atoms with van der Waals surface area (Å²) in [5.41, 5.74) is 0. The second-order valence-electron chi connectivity index (χ2n) is 7.80. The Morgan fingerprint density at radius 3 is 1.46 bits per heavy atom. The minimum atomic E-state index is -4.00. The van der Waals surface area contributed by atoms with Crippen LogP contribution in [0.15, 0.2) is 0 Å². The van der Waals surface area contributed by atoms with Crippen LogP contribution < -0.4 is 0 Å². The number of carbonyl (C=O) groups is 1. The van der Waals surface area contributed by atoms with Gasteiger partial charge in [0.25, 0.3) is 10.1 Å². The topological polar surface area (TPSA) is 74.7 Å². The molecule has 0 unspecified atom stereocenters. The third kappa shape index (κ3) is 23.3. The van der Waals surface area contributed by atoms with Crippen LogP contribution in [0.5, 0.6) is 0 Å². The van der Waals surface area contributed by atoms with Gasteiger partial charge in [-0.3, -0.25) is 9.35 Å². The van der Waals surface area contributed by atoms with Gasteiger partial charge in [-0.05, 0) is 6.42 Å². The van der Waals surface area contributed by atoms with Crippen molar-refractivity contribution in [2.45, 2.75) is 110 Å². The molecule has 1 radical (unpaired) electrons. The van der Waals surface area contributed by atoms with E-state index in [4.69, 9.17) is 4.55 Å². The molecule has 0 aliphatic heterocycles. The molecule has 0 saturated heterocycles. The van der Waals surface area contributed by atoms with Gasteiger partial charge in [0, 0.05) is 71.4 Å². The molecule has 0 rings (SSSR count). The Hall–Kier alpha value is 1.02. The molecular weight excluding hydrogens is 401 g/mol. The van der Waals surface area contributed by atoms with Crippen molar-refractivity contribution in [1.29, 1.82) is 0 Å². The van der Waals surface area contributed by atoms with Crippen LogP contribution >= 0.6 is 0 Å². The maximum absolute atomic E-state index is 11.8. The zero-order valence-electron chi connectivity index (χ0n) is 18.8. The molecule has 0 aliphatic carbocycles. The molecule has 0 saturated carbocycles. The normalized spacial score (nSPS) is 11.2. The van der Waals surface area contributed by atoms with Gasteiger partial charge < -0.3 is 4.90 Å². The van der Waals surface area contributed by atoms with Crippen LogP contribution in [-0.2, 0) is 14.9 Å². The van der Waals surface area contributed by atoms with Crippen molar-refractivity contribution >= 4 is 67.4 Å². The van der Waals surface area contributed by atoms with Crippen LogP contribution in [-0.4, -0.2) is 94.5 Å². The number of hydrogen-bond donors (Lipinski definition) is 1. The average Bonchev–Trinajstić information content (AvgIpc) is 2.62. The minimum Gasteiger partial charge on any atom is -0.345 e. The molecule has 1 N–H and O–H groups in total. The van der Waals surface area contributed by atoms with E-state index in [1.807, 2.05) is 0 Å². The Balaban J connectivity index is 0. The number of amides is 1. The summed E-state index contributed by atoms with van der Waals surface area (Å²) in [4.78, 5) is 13.2. The molecule has 5 nitrogen and oxygen atoms in total. The van der Waals surface area contributed by atoms with E-state index >= 15 is 0 Å². The SMILES string of the molecule is CCCCCCCCCCCCCCCCCC(=O)N(C)CCS(=O)(=O)O.[K]. The van der Waals surface area contributed by atoms with Crippen molar-refractivity contribution in [1.82, 2.24) is 4.90 Å². The Morgan fingerprint density at radius 2 is 1.11 bits per heavy atom. The Bertz CT molecular complexity index is 457. The van der Waals surface area contributed by atoms with Crippen molar-refractivity contribution in [2.75, 3.05) is 19.3 Å². The zero-order valence-corrected chi connectivity index (χ0v) is 22.7. The maximum atomic E-state index is 11.8. The van der Waals surface area contributed by atoms with E-state index in [1.54, 1.807) is 7.05 Å². The van der Waals surface area contributed by atoms with Gasteiger partial charge in [0.15, 0.2) is 0 Å². The van der Waals surface area contributed by atoms with Crippen molar-refractivity contribution in [3.05, 3.63) is 0 Å². The number of carbonyl (C=O) groups excluding carboxylic acids is 1. The van der Waals surface area contributed by atoms with Crippen LogP contribution in [0.4, 0.5) is 0 Å². The van der Waals surface area contributed by atoms with E-state index in [0.29, 0.717) is 6.42 Å². The molecule has 1 amide bonds. The first-order valence-corrected chi connectivity index (χ1v) is 12.7. The molecule has 0 spiro atoms. The van der Waals surface area contributed by atoms with E-state index < -0.39 is 15.9 Å². The van der Waals surface area contributed by atoms with E-state index in [9.17, 15) is 13.2 Å². The van der Waals surface area contributed by atoms with Crippen LogP contribution in [0.2, 0.25) is 0 Å². The van der Waals surface area contributed by atoms with E-state index in [0.717, 1.165) is 12.8 Å². The molecule has 0 heterocycles. The third-order valence-corrected chi connectivity index (χ3v) is 5.80. The molecule has 163 valence electrons. The average molecular weight is 445 g/mol. The van der Waals surface area contributed by atoms with E-state index in [1.165, 1.54) is 88.4 Å². The molecule has 0 aromatic rings. The summed E-state index contributed by atoms with van der Waals surface area (Å²) in [5.74, 6) is -0.443. The van der Waals surface area contributed by atoms with Gasteiger partial charge in [-0.1, -0.05) is 96.8 Å². The standard InChI is InChI=1S/C21H43NO4S.K/c1-3-4-5-6-7-8-9-10-11-12-13-14-15-16-17-18-21(23)22(2)19-20-27(24,25)26;/h3-20H2,1-2H3,(H,24,25,26);. The smallest absolute Gasteiger partial charge is 0.266 e. The van der Waals surface area contributed by atoms with Crippen LogP contribution in [0.3, 0.4) is 0 Å². The molecule has 0 aromatic carbocycles. The van der Waals surface area contributed by atoms with Crippen molar-refractivity contribution in [3.8, 4) is 0 Å². The minimum absolute atomic E-state index is 0.